The van der Waals surface area contributed by atoms with Gasteiger partial charge in [-0.15, -0.1) is 0 Å². The lowest BCUT2D eigenvalue weighted by atomic mass is 9.97. The summed E-state index contributed by atoms with van der Waals surface area (Å²) < 4.78 is 0. The summed E-state index contributed by atoms with van der Waals surface area (Å²) in [5.41, 5.74) is 4.04. The maximum atomic E-state index is 4.03. The SMILES string of the molecule is C=C(C)CN1CCC(NC2CCCNc3ccccc32)CC1. The van der Waals surface area contributed by atoms with Crippen molar-refractivity contribution in [3.63, 3.8) is 0 Å². The van der Waals surface area contributed by atoms with E-state index in [2.05, 4.69) is 53.3 Å². The van der Waals surface area contributed by atoms with E-state index >= 15 is 0 Å². The molecule has 22 heavy (non-hydrogen) atoms. The maximum Gasteiger partial charge on any atom is 0.0388 e. The van der Waals surface area contributed by atoms with Gasteiger partial charge in [-0.3, -0.25) is 4.90 Å². The second-order valence-corrected chi connectivity index (χ2v) is 6.88. The van der Waals surface area contributed by atoms with Gasteiger partial charge in [-0.2, -0.15) is 0 Å². The van der Waals surface area contributed by atoms with E-state index < -0.39 is 0 Å². The Hall–Kier alpha value is -1.32. The van der Waals surface area contributed by atoms with Crippen LogP contribution in [0.1, 0.15) is 44.2 Å². The molecule has 0 amide bonds. The van der Waals surface area contributed by atoms with Gasteiger partial charge in [0, 0.05) is 30.9 Å². The number of hydrogen-bond donors (Lipinski definition) is 2. The van der Waals surface area contributed by atoms with E-state index in [1.54, 1.807) is 0 Å². The van der Waals surface area contributed by atoms with E-state index in [9.17, 15) is 0 Å². The van der Waals surface area contributed by atoms with Crippen LogP contribution in [0.3, 0.4) is 0 Å². The van der Waals surface area contributed by atoms with Gasteiger partial charge in [0.25, 0.3) is 0 Å². The zero-order valence-corrected chi connectivity index (χ0v) is 13.8. The highest BCUT2D eigenvalue weighted by molar-refractivity contribution is 5.53. The Bertz CT molecular complexity index is 503. The predicted octanol–water partition coefficient (Wildman–Crippen LogP) is 3.56. The molecule has 1 atom stereocenters. The summed E-state index contributed by atoms with van der Waals surface area (Å²) in [5.74, 6) is 0. The number of rotatable bonds is 4. The first-order chi connectivity index (χ1) is 10.7. The molecule has 3 nitrogen and oxygen atoms in total. The zero-order valence-electron chi connectivity index (χ0n) is 13.8. The minimum absolute atomic E-state index is 0.504. The number of piperidine rings is 1. The molecular formula is C19H29N3. The largest absolute Gasteiger partial charge is 0.385 e. The van der Waals surface area contributed by atoms with Crippen LogP contribution in [0.5, 0.6) is 0 Å². The number of nitrogens with one attached hydrogen (secondary N) is 2. The molecule has 0 saturated carbocycles. The highest BCUT2D eigenvalue weighted by Gasteiger charge is 2.24. The maximum absolute atomic E-state index is 4.03. The van der Waals surface area contributed by atoms with Crippen molar-refractivity contribution in [3.05, 3.63) is 42.0 Å². The van der Waals surface area contributed by atoms with Crippen molar-refractivity contribution in [2.45, 2.75) is 44.7 Å². The smallest absolute Gasteiger partial charge is 0.0388 e. The lowest BCUT2D eigenvalue weighted by Crippen LogP contribution is -2.44. The molecule has 1 fully saturated rings. The van der Waals surface area contributed by atoms with E-state index in [-0.39, 0.29) is 0 Å². The number of nitrogens with zero attached hydrogens (tertiary/aromatic N) is 1. The quantitative estimate of drug-likeness (QED) is 0.832. The lowest BCUT2D eigenvalue weighted by Gasteiger charge is -2.34. The molecule has 0 aliphatic carbocycles. The summed E-state index contributed by atoms with van der Waals surface area (Å²) >= 11 is 0. The summed E-state index contributed by atoms with van der Waals surface area (Å²) in [6.45, 7) is 10.7. The first kappa shape index (κ1) is 15.6. The van der Waals surface area contributed by atoms with Crippen LogP contribution in [0, 0.1) is 0 Å². The first-order valence-corrected chi connectivity index (χ1v) is 8.68. The zero-order chi connectivity index (χ0) is 15.4. The minimum atomic E-state index is 0.504. The molecule has 3 heteroatoms. The van der Waals surface area contributed by atoms with Crippen LogP contribution in [0.4, 0.5) is 5.69 Å². The highest BCUT2D eigenvalue weighted by Crippen LogP contribution is 2.30. The average Bonchev–Trinajstić information content (AvgIpc) is 2.71. The van der Waals surface area contributed by atoms with Gasteiger partial charge in [-0.25, -0.2) is 0 Å². The van der Waals surface area contributed by atoms with Crippen LogP contribution in [0.15, 0.2) is 36.4 Å². The fraction of sp³-hybridized carbons (Fsp3) is 0.579. The summed E-state index contributed by atoms with van der Waals surface area (Å²) in [5, 5.41) is 7.50. The van der Waals surface area contributed by atoms with Crippen LogP contribution < -0.4 is 10.6 Å². The number of para-hydroxylation sites is 1. The van der Waals surface area contributed by atoms with Gasteiger partial charge >= 0.3 is 0 Å². The van der Waals surface area contributed by atoms with Crippen LogP contribution >= 0.6 is 0 Å². The third-order valence-electron chi connectivity index (χ3n) is 4.84. The van der Waals surface area contributed by atoms with Crippen molar-refractivity contribution in [2.24, 2.45) is 0 Å². The van der Waals surface area contributed by atoms with Crippen molar-refractivity contribution in [3.8, 4) is 0 Å². The Morgan fingerprint density at radius 3 is 2.82 bits per heavy atom. The second-order valence-electron chi connectivity index (χ2n) is 6.88. The molecule has 120 valence electrons. The number of hydrogen-bond acceptors (Lipinski definition) is 3. The van der Waals surface area contributed by atoms with Crippen LogP contribution in [-0.2, 0) is 0 Å². The van der Waals surface area contributed by atoms with E-state index in [4.69, 9.17) is 0 Å². The molecule has 2 heterocycles. The number of benzene rings is 1. The van der Waals surface area contributed by atoms with Crippen LogP contribution in [0.25, 0.3) is 0 Å². The molecular weight excluding hydrogens is 270 g/mol. The lowest BCUT2D eigenvalue weighted by molar-refractivity contribution is 0.202. The molecule has 0 radical (unpaired) electrons. The van der Waals surface area contributed by atoms with Crippen molar-refractivity contribution in [1.82, 2.24) is 10.2 Å². The molecule has 3 rings (SSSR count). The predicted molar refractivity (Wildman–Crippen MR) is 94.3 cm³/mol. The van der Waals surface area contributed by atoms with Crippen molar-refractivity contribution in [2.75, 3.05) is 31.5 Å². The summed E-state index contributed by atoms with van der Waals surface area (Å²) in [4.78, 5) is 2.53. The van der Waals surface area contributed by atoms with Crippen molar-refractivity contribution < 1.29 is 0 Å². The van der Waals surface area contributed by atoms with Gasteiger partial charge in [0.15, 0.2) is 0 Å². The molecule has 1 aromatic rings. The number of likely N-dealkylation sites (tertiary alicyclic amines) is 1. The third kappa shape index (κ3) is 3.90. The fourth-order valence-corrected chi connectivity index (χ4v) is 3.74. The molecule has 1 saturated heterocycles. The molecule has 0 bridgehead atoms. The van der Waals surface area contributed by atoms with Gasteiger partial charge in [-0.05, 0) is 57.3 Å². The molecule has 1 unspecified atom stereocenters. The van der Waals surface area contributed by atoms with E-state index in [1.165, 1.54) is 55.6 Å². The molecule has 1 aromatic carbocycles. The van der Waals surface area contributed by atoms with Crippen molar-refractivity contribution in [1.29, 1.82) is 0 Å². The first-order valence-electron chi connectivity index (χ1n) is 8.68. The highest BCUT2D eigenvalue weighted by atomic mass is 15.1. The van der Waals surface area contributed by atoms with E-state index in [1.807, 2.05) is 0 Å². The third-order valence-corrected chi connectivity index (χ3v) is 4.84. The monoisotopic (exact) mass is 299 g/mol. The molecule has 2 N–H and O–H groups in total. The molecule has 2 aliphatic heterocycles. The summed E-state index contributed by atoms with van der Waals surface area (Å²) in [7, 11) is 0. The standard InChI is InChI=1S/C19H29N3/c1-15(2)14-22-12-9-16(10-13-22)21-19-8-5-11-20-18-7-4-3-6-17(18)19/h3-4,6-7,16,19-21H,1,5,8-14H2,2H3. The second kappa shape index (κ2) is 7.30. The molecule has 2 aliphatic rings. The van der Waals surface area contributed by atoms with Crippen molar-refractivity contribution >= 4 is 5.69 Å². The van der Waals surface area contributed by atoms with E-state index in [0.717, 1.165) is 13.1 Å². The fourth-order valence-electron chi connectivity index (χ4n) is 3.74. The molecule has 0 spiro atoms. The van der Waals surface area contributed by atoms with Crippen LogP contribution in [0.2, 0.25) is 0 Å². The van der Waals surface area contributed by atoms with E-state index in [0.29, 0.717) is 12.1 Å². The van der Waals surface area contributed by atoms with Gasteiger partial charge in [-0.1, -0.05) is 30.4 Å². The van der Waals surface area contributed by atoms with Crippen LogP contribution in [-0.4, -0.2) is 37.1 Å². The number of anilines is 1. The average molecular weight is 299 g/mol. The summed E-state index contributed by atoms with van der Waals surface area (Å²) in [6, 6.07) is 9.94. The Morgan fingerprint density at radius 1 is 1.27 bits per heavy atom. The van der Waals surface area contributed by atoms with Gasteiger partial charge in [0.05, 0.1) is 0 Å². The Balaban J connectivity index is 1.59. The number of fused-ring (bicyclic) bond motifs is 1. The Kier molecular flexibility index (Phi) is 5.16. The Labute approximate surface area is 134 Å². The molecule has 0 aromatic heterocycles. The topological polar surface area (TPSA) is 27.3 Å². The normalized spacial score (nSPS) is 23.4. The van der Waals surface area contributed by atoms with Gasteiger partial charge < -0.3 is 10.6 Å². The minimum Gasteiger partial charge on any atom is -0.385 e. The van der Waals surface area contributed by atoms with Gasteiger partial charge in [0.2, 0.25) is 0 Å². The van der Waals surface area contributed by atoms with Gasteiger partial charge in [0.1, 0.15) is 0 Å². The Morgan fingerprint density at radius 2 is 2.05 bits per heavy atom. The summed E-state index contributed by atoms with van der Waals surface area (Å²) in [6.07, 6.45) is 4.97.